The number of carbonyl (C=O) groups excluding carboxylic acids is 1. The molecule has 0 unspecified atom stereocenters. The van der Waals surface area contributed by atoms with Crippen LogP contribution in [0.25, 0.3) is 11.0 Å². The number of imidazole rings is 1. The van der Waals surface area contributed by atoms with Gasteiger partial charge in [0.15, 0.2) is 5.16 Å². The van der Waals surface area contributed by atoms with Crippen molar-refractivity contribution in [2.45, 2.75) is 45.1 Å². The molecule has 0 aliphatic heterocycles. The van der Waals surface area contributed by atoms with Gasteiger partial charge >= 0.3 is 5.97 Å². The monoisotopic (exact) mass is 549 g/mol. The van der Waals surface area contributed by atoms with Gasteiger partial charge in [-0.25, -0.2) is 4.98 Å². The topological polar surface area (TPSA) is 84.7 Å². The Morgan fingerprint density at radius 2 is 1.72 bits per heavy atom. The molecule has 0 saturated heterocycles. The molecule has 0 aliphatic rings. The van der Waals surface area contributed by atoms with Crippen LogP contribution < -0.4 is 14.2 Å². The van der Waals surface area contributed by atoms with Crippen molar-refractivity contribution in [3.8, 4) is 17.2 Å². The van der Waals surface area contributed by atoms with Crippen molar-refractivity contribution in [2.24, 2.45) is 5.41 Å². The lowest BCUT2D eigenvalue weighted by atomic mass is 9.95. The first-order chi connectivity index (χ1) is 18.7. The van der Waals surface area contributed by atoms with Crippen LogP contribution in [0, 0.1) is 19.3 Å². The molecule has 0 N–H and O–H groups in total. The Balaban J connectivity index is 1.57. The summed E-state index contributed by atoms with van der Waals surface area (Å²) in [5.74, 6) is 2.69. The number of thioether (sulfide) groups is 1. The SMILES string of the molecule is COC(=O)C(C)(C)COc1ccc(Cn2c(SCc3ncc(C)c(OC)c3C)nc3cc(OC)ccc32)cc1. The summed E-state index contributed by atoms with van der Waals surface area (Å²) in [4.78, 5) is 21.5. The van der Waals surface area contributed by atoms with E-state index in [-0.39, 0.29) is 12.6 Å². The Morgan fingerprint density at radius 3 is 2.38 bits per heavy atom. The fraction of sp³-hybridized carbons (Fsp3) is 0.367. The Labute approximate surface area is 233 Å². The van der Waals surface area contributed by atoms with Crippen LogP contribution in [0.15, 0.2) is 53.8 Å². The van der Waals surface area contributed by atoms with Crippen molar-refractivity contribution >= 4 is 28.8 Å². The summed E-state index contributed by atoms with van der Waals surface area (Å²) in [6.07, 6.45) is 1.85. The van der Waals surface area contributed by atoms with Gasteiger partial charge in [0.2, 0.25) is 0 Å². The molecule has 39 heavy (non-hydrogen) atoms. The van der Waals surface area contributed by atoms with Gasteiger partial charge in [0.05, 0.1) is 50.0 Å². The summed E-state index contributed by atoms with van der Waals surface area (Å²) >= 11 is 1.64. The highest BCUT2D eigenvalue weighted by Crippen LogP contribution is 2.32. The quantitative estimate of drug-likeness (QED) is 0.167. The number of aromatic nitrogens is 3. The fourth-order valence-corrected chi connectivity index (χ4v) is 5.34. The lowest BCUT2D eigenvalue weighted by Crippen LogP contribution is -2.32. The van der Waals surface area contributed by atoms with Gasteiger partial charge in [-0.2, -0.15) is 0 Å². The Morgan fingerprint density at radius 1 is 1.00 bits per heavy atom. The molecule has 4 aromatic rings. The minimum atomic E-state index is -0.731. The molecule has 4 rings (SSSR count). The molecule has 9 heteroatoms. The van der Waals surface area contributed by atoms with Crippen molar-refractivity contribution < 1.29 is 23.7 Å². The summed E-state index contributed by atoms with van der Waals surface area (Å²) < 4.78 is 24.0. The van der Waals surface area contributed by atoms with Crippen LogP contribution in [0.2, 0.25) is 0 Å². The van der Waals surface area contributed by atoms with E-state index in [1.807, 2.05) is 62.5 Å². The maximum absolute atomic E-state index is 11.9. The van der Waals surface area contributed by atoms with Crippen LogP contribution >= 0.6 is 11.8 Å². The highest BCUT2D eigenvalue weighted by molar-refractivity contribution is 7.98. The zero-order valence-electron chi connectivity index (χ0n) is 23.5. The molecule has 0 aliphatic carbocycles. The molecular weight excluding hydrogens is 514 g/mol. The van der Waals surface area contributed by atoms with Crippen LogP contribution in [0.1, 0.15) is 36.2 Å². The van der Waals surface area contributed by atoms with Crippen LogP contribution in [0.3, 0.4) is 0 Å². The largest absolute Gasteiger partial charge is 0.497 e. The minimum absolute atomic E-state index is 0.227. The van der Waals surface area contributed by atoms with Crippen molar-refractivity contribution in [1.82, 2.24) is 14.5 Å². The molecule has 0 fully saturated rings. The van der Waals surface area contributed by atoms with E-state index in [9.17, 15) is 4.79 Å². The van der Waals surface area contributed by atoms with E-state index in [2.05, 4.69) is 9.55 Å². The Bertz CT molecular complexity index is 1460. The predicted molar refractivity (Wildman–Crippen MR) is 153 cm³/mol. The van der Waals surface area contributed by atoms with Crippen LogP contribution in [0.5, 0.6) is 17.2 Å². The standard InChI is InChI=1S/C30H35N3O5S/c1-19-15-31-25(20(2)27(19)36-6)17-39-29-32-24-14-23(35-5)12-13-26(24)33(29)16-21-8-10-22(11-9-21)38-18-30(3,4)28(34)37-7/h8-15H,16-18H2,1-7H3. The third-order valence-electron chi connectivity index (χ3n) is 6.61. The second-order valence-electron chi connectivity index (χ2n) is 9.98. The summed E-state index contributed by atoms with van der Waals surface area (Å²) in [6, 6.07) is 13.8. The number of hydrogen-bond donors (Lipinski definition) is 0. The molecule has 0 bridgehead atoms. The van der Waals surface area contributed by atoms with Crippen molar-refractivity contribution in [3.63, 3.8) is 0 Å². The number of methoxy groups -OCH3 is 3. The summed E-state index contributed by atoms with van der Waals surface area (Å²) in [7, 11) is 4.73. The van der Waals surface area contributed by atoms with Gasteiger partial charge in [-0.05, 0) is 57.5 Å². The number of rotatable bonds is 11. The van der Waals surface area contributed by atoms with Gasteiger partial charge in [-0.15, -0.1) is 0 Å². The van der Waals surface area contributed by atoms with E-state index in [0.29, 0.717) is 18.0 Å². The van der Waals surface area contributed by atoms with Crippen LogP contribution in [-0.2, 0) is 21.8 Å². The third-order valence-corrected chi connectivity index (χ3v) is 7.60. The van der Waals surface area contributed by atoms with Crippen molar-refractivity contribution in [1.29, 1.82) is 0 Å². The second kappa shape index (κ2) is 12.0. The molecule has 206 valence electrons. The average Bonchev–Trinajstić information content (AvgIpc) is 3.28. The van der Waals surface area contributed by atoms with Gasteiger partial charge in [0.25, 0.3) is 0 Å². The lowest BCUT2D eigenvalue weighted by molar-refractivity contribution is -0.152. The number of esters is 1. The van der Waals surface area contributed by atoms with Gasteiger partial charge in [0, 0.05) is 29.1 Å². The van der Waals surface area contributed by atoms with E-state index < -0.39 is 5.41 Å². The van der Waals surface area contributed by atoms with E-state index in [1.54, 1.807) is 39.8 Å². The molecule has 0 spiro atoms. The average molecular weight is 550 g/mol. The van der Waals surface area contributed by atoms with Gasteiger partial charge < -0.3 is 23.5 Å². The molecule has 2 aromatic heterocycles. The minimum Gasteiger partial charge on any atom is -0.497 e. The number of pyridine rings is 1. The molecular formula is C30H35N3O5S. The molecule has 8 nitrogen and oxygen atoms in total. The van der Waals surface area contributed by atoms with Crippen molar-refractivity contribution in [2.75, 3.05) is 27.9 Å². The number of hydrogen-bond acceptors (Lipinski definition) is 8. The molecule has 2 aromatic carbocycles. The van der Waals surface area contributed by atoms with E-state index in [0.717, 1.165) is 50.1 Å². The fourth-order valence-electron chi connectivity index (χ4n) is 4.30. The highest BCUT2D eigenvalue weighted by Gasteiger charge is 2.29. The summed E-state index contributed by atoms with van der Waals surface area (Å²) in [5, 5.41) is 0.888. The van der Waals surface area contributed by atoms with Crippen LogP contribution in [0.4, 0.5) is 0 Å². The third kappa shape index (κ3) is 6.30. The second-order valence-corrected chi connectivity index (χ2v) is 10.9. The lowest BCUT2D eigenvalue weighted by Gasteiger charge is -2.21. The predicted octanol–water partition coefficient (Wildman–Crippen LogP) is 5.98. The zero-order chi connectivity index (χ0) is 28.2. The smallest absolute Gasteiger partial charge is 0.314 e. The van der Waals surface area contributed by atoms with Crippen LogP contribution in [-0.4, -0.2) is 48.4 Å². The van der Waals surface area contributed by atoms with E-state index >= 15 is 0 Å². The summed E-state index contributed by atoms with van der Waals surface area (Å²) in [6.45, 7) is 8.50. The summed E-state index contributed by atoms with van der Waals surface area (Å²) in [5.41, 5.74) is 5.28. The molecule has 0 saturated carbocycles. The zero-order valence-corrected chi connectivity index (χ0v) is 24.3. The maximum atomic E-state index is 11.9. The number of aryl methyl sites for hydroxylation is 1. The number of benzene rings is 2. The number of nitrogens with zero attached hydrogens (tertiary/aromatic N) is 3. The maximum Gasteiger partial charge on any atom is 0.314 e. The van der Waals surface area contributed by atoms with Gasteiger partial charge in [-0.3, -0.25) is 9.78 Å². The first-order valence-corrected chi connectivity index (χ1v) is 13.6. The van der Waals surface area contributed by atoms with E-state index in [4.69, 9.17) is 23.9 Å². The number of carbonyl (C=O) groups is 1. The van der Waals surface area contributed by atoms with Gasteiger partial charge in [-0.1, -0.05) is 23.9 Å². The van der Waals surface area contributed by atoms with E-state index in [1.165, 1.54) is 7.11 Å². The first-order valence-electron chi connectivity index (χ1n) is 12.6. The molecule has 0 radical (unpaired) electrons. The Kier molecular flexibility index (Phi) is 8.70. The van der Waals surface area contributed by atoms with Gasteiger partial charge in [0.1, 0.15) is 23.9 Å². The first kappa shape index (κ1) is 28.3. The molecule has 0 amide bonds. The normalized spacial score (nSPS) is 11.5. The van der Waals surface area contributed by atoms with Crippen molar-refractivity contribution in [3.05, 3.63) is 71.0 Å². The number of fused-ring (bicyclic) bond motifs is 1. The molecule has 0 atom stereocenters. The number of ether oxygens (including phenoxy) is 4. The molecule has 2 heterocycles. The Hall–Kier alpha value is -3.72. The highest BCUT2D eigenvalue weighted by atomic mass is 32.2.